The van der Waals surface area contributed by atoms with Crippen LogP contribution in [0.1, 0.15) is 11.1 Å². The quantitative estimate of drug-likeness (QED) is 0.565. The molecule has 0 atom stereocenters. The van der Waals surface area contributed by atoms with Crippen molar-refractivity contribution in [2.45, 2.75) is 6.54 Å². The van der Waals surface area contributed by atoms with Crippen LogP contribution < -0.4 is 19.5 Å². The molecule has 28 heavy (non-hydrogen) atoms. The Labute approximate surface area is 166 Å². The van der Waals surface area contributed by atoms with Crippen LogP contribution in [0.4, 0.5) is 0 Å². The second kappa shape index (κ2) is 9.14. The Morgan fingerprint density at radius 2 is 2.11 bits per heavy atom. The van der Waals surface area contributed by atoms with Gasteiger partial charge in [-0.25, -0.2) is 4.79 Å². The molecule has 0 unspecified atom stereocenters. The highest BCUT2D eigenvalue weighted by Crippen LogP contribution is 2.40. The first kappa shape index (κ1) is 19.6. The number of esters is 1. The van der Waals surface area contributed by atoms with Gasteiger partial charge in [-0.15, -0.1) is 0 Å². The van der Waals surface area contributed by atoms with E-state index in [1.54, 1.807) is 19.2 Å². The van der Waals surface area contributed by atoms with Crippen molar-refractivity contribution in [1.82, 2.24) is 5.32 Å². The van der Waals surface area contributed by atoms with Crippen LogP contribution in [0.2, 0.25) is 5.02 Å². The van der Waals surface area contributed by atoms with Crippen molar-refractivity contribution in [2.24, 2.45) is 0 Å². The first-order valence-electron chi connectivity index (χ1n) is 8.39. The molecule has 0 aromatic heterocycles. The predicted octanol–water partition coefficient (Wildman–Crippen LogP) is 2.95. The maximum Gasteiger partial charge on any atom is 0.331 e. The van der Waals surface area contributed by atoms with Gasteiger partial charge in [0.15, 0.2) is 18.1 Å². The molecule has 0 aliphatic carbocycles. The standard InChI is InChI=1S/C20H18ClNO6/c1-25-15-4-2-3-14(7-15)10-22-18(23)11-26-19(24)6-5-13-8-16(21)20-17(9-13)27-12-28-20/h2-9H,10-12H2,1H3,(H,22,23)/b6-5+. The van der Waals surface area contributed by atoms with E-state index in [0.29, 0.717) is 34.4 Å². The van der Waals surface area contributed by atoms with Crippen LogP contribution in [0.15, 0.2) is 42.5 Å². The summed E-state index contributed by atoms with van der Waals surface area (Å²) in [6.07, 6.45) is 2.73. The van der Waals surface area contributed by atoms with Crippen LogP contribution >= 0.6 is 11.6 Å². The summed E-state index contributed by atoms with van der Waals surface area (Å²) in [6, 6.07) is 10.6. The second-order valence-corrected chi connectivity index (χ2v) is 6.21. The van der Waals surface area contributed by atoms with Crippen molar-refractivity contribution in [2.75, 3.05) is 20.5 Å². The fourth-order valence-corrected chi connectivity index (χ4v) is 2.74. The SMILES string of the molecule is COc1cccc(CNC(=O)COC(=O)/C=C/c2cc(Cl)c3c(c2)OCO3)c1. The van der Waals surface area contributed by atoms with Crippen LogP contribution in [-0.4, -0.2) is 32.4 Å². The van der Waals surface area contributed by atoms with E-state index in [0.717, 1.165) is 5.56 Å². The zero-order valence-corrected chi connectivity index (χ0v) is 15.8. The highest BCUT2D eigenvalue weighted by Gasteiger charge is 2.17. The Balaban J connectivity index is 1.45. The Morgan fingerprint density at radius 1 is 1.25 bits per heavy atom. The zero-order valence-electron chi connectivity index (χ0n) is 15.1. The number of hydrogen-bond donors (Lipinski definition) is 1. The van der Waals surface area contributed by atoms with E-state index in [1.807, 2.05) is 24.3 Å². The van der Waals surface area contributed by atoms with Crippen LogP contribution in [0, 0.1) is 0 Å². The molecule has 1 amide bonds. The smallest absolute Gasteiger partial charge is 0.331 e. The lowest BCUT2D eigenvalue weighted by Crippen LogP contribution is -2.28. The van der Waals surface area contributed by atoms with Crippen molar-refractivity contribution in [3.05, 3.63) is 58.6 Å². The zero-order chi connectivity index (χ0) is 19.9. The molecule has 1 heterocycles. The summed E-state index contributed by atoms with van der Waals surface area (Å²) < 4.78 is 20.5. The Bertz CT molecular complexity index is 912. The Morgan fingerprint density at radius 3 is 2.93 bits per heavy atom. The first-order valence-corrected chi connectivity index (χ1v) is 8.76. The van der Waals surface area contributed by atoms with Crippen molar-refractivity contribution in [3.63, 3.8) is 0 Å². The summed E-state index contributed by atoms with van der Waals surface area (Å²) >= 11 is 6.08. The van der Waals surface area contributed by atoms with Gasteiger partial charge in [0.25, 0.3) is 5.91 Å². The van der Waals surface area contributed by atoms with Crippen molar-refractivity contribution in [1.29, 1.82) is 0 Å². The molecular formula is C20H18ClNO6. The summed E-state index contributed by atoms with van der Waals surface area (Å²) in [7, 11) is 1.57. The molecule has 0 bridgehead atoms. The van der Waals surface area contributed by atoms with Crippen LogP contribution in [0.25, 0.3) is 6.08 Å². The maximum absolute atomic E-state index is 11.8. The predicted molar refractivity (Wildman–Crippen MR) is 102 cm³/mol. The van der Waals surface area contributed by atoms with Crippen molar-refractivity contribution >= 4 is 29.6 Å². The van der Waals surface area contributed by atoms with Crippen LogP contribution in [0.3, 0.4) is 0 Å². The van der Waals surface area contributed by atoms with E-state index >= 15 is 0 Å². The molecule has 0 spiro atoms. The molecule has 0 fully saturated rings. The average molecular weight is 404 g/mol. The number of ether oxygens (including phenoxy) is 4. The molecule has 2 aromatic rings. The minimum atomic E-state index is -0.648. The topological polar surface area (TPSA) is 83.1 Å². The molecule has 0 radical (unpaired) electrons. The highest BCUT2D eigenvalue weighted by molar-refractivity contribution is 6.32. The number of methoxy groups -OCH3 is 1. The normalized spacial score (nSPS) is 12.1. The molecule has 2 aromatic carbocycles. The molecule has 0 saturated heterocycles. The van der Waals surface area contributed by atoms with Gasteiger partial charge in [0.1, 0.15) is 5.75 Å². The number of fused-ring (bicyclic) bond motifs is 1. The molecule has 1 aliphatic heterocycles. The number of nitrogens with one attached hydrogen (secondary N) is 1. The number of hydrogen-bond acceptors (Lipinski definition) is 6. The molecule has 8 heteroatoms. The van der Waals surface area contributed by atoms with Gasteiger partial charge in [0, 0.05) is 12.6 Å². The second-order valence-electron chi connectivity index (χ2n) is 5.81. The summed E-state index contributed by atoms with van der Waals surface area (Å²) in [5, 5.41) is 3.06. The highest BCUT2D eigenvalue weighted by atomic mass is 35.5. The maximum atomic E-state index is 11.8. The average Bonchev–Trinajstić information content (AvgIpc) is 3.18. The molecule has 3 rings (SSSR count). The summed E-state index contributed by atoms with van der Waals surface area (Å²) in [5.41, 5.74) is 1.52. The van der Waals surface area contributed by atoms with Gasteiger partial charge >= 0.3 is 5.97 Å². The third-order valence-corrected chi connectivity index (χ3v) is 4.11. The van der Waals surface area contributed by atoms with E-state index in [1.165, 1.54) is 12.2 Å². The number of benzene rings is 2. The van der Waals surface area contributed by atoms with Gasteiger partial charge in [-0.2, -0.15) is 0 Å². The van der Waals surface area contributed by atoms with Gasteiger partial charge in [0.2, 0.25) is 6.79 Å². The summed E-state index contributed by atoms with van der Waals surface area (Å²) in [4.78, 5) is 23.6. The Kier molecular flexibility index (Phi) is 6.39. The monoisotopic (exact) mass is 403 g/mol. The molecule has 1 N–H and O–H groups in total. The third kappa shape index (κ3) is 5.17. The molecule has 146 valence electrons. The van der Waals surface area contributed by atoms with Crippen molar-refractivity contribution < 1.29 is 28.5 Å². The van der Waals surface area contributed by atoms with Gasteiger partial charge in [-0.3, -0.25) is 4.79 Å². The van der Waals surface area contributed by atoms with Gasteiger partial charge in [-0.1, -0.05) is 23.7 Å². The van der Waals surface area contributed by atoms with Gasteiger partial charge < -0.3 is 24.3 Å². The summed E-state index contributed by atoms with van der Waals surface area (Å²) in [5.74, 6) is 0.638. The molecule has 7 nitrogen and oxygen atoms in total. The Hall–Kier alpha value is -3.19. The first-order chi connectivity index (χ1) is 13.5. The molecular weight excluding hydrogens is 386 g/mol. The fraction of sp³-hybridized carbons (Fsp3) is 0.200. The van der Waals surface area contributed by atoms with Crippen molar-refractivity contribution in [3.8, 4) is 17.2 Å². The van der Waals surface area contributed by atoms with Gasteiger partial charge in [-0.05, 0) is 41.5 Å². The lowest BCUT2D eigenvalue weighted by molar-refractivity contribution is -0.143. The number of halogens is 1. The minimum Gasteiger partial charge on any atom is -0.497 e. The summed E-state index contributed by atoms with van der Waals surface area (Å²) in [6.45, 7) is 0.0310. The largest absolute Gasteiger partial charge is 0.497 e. The van der Waals surface area contributed by atoms with Crippen LogP contribution in [-0.2, 0) is 20.9 Å². The minimum absolute atomic E-state index is 0.106. The lowest BCUT2D eigenvalue weighted by Gasteiger charge is -2.07. The van der Waals surface area contributed by atoms with E-state index < -0.39 is 11.9 Å². The molecule has 0 saturated carbocycles. The number of rotatable bonds is 7. The third-order valence-electron chi connectivity index (χ3n) is 3.83. The van der Waals surface area contributed by atoms with Crippen LogP contribution in [0.5, 0.6) is 17.2 Å². The molecule has 1 aliphatic rings. The van der Waals surface area contributed by atoms with E-state index in [4.69, 9.17) is 30.5 Å². The lowest BCUT2D eigenvalue weighted by atomic mass is 10.2. The van der Waals surface area contributed by atoms with E-state index in [-0.39, 0.29) is 13.4 Å². The van der Waals surface area contributed by atoms with Gasteiger partial charge in [0.05, 0.1) is 12.1 Å². The number of carbonyl (C=O) groups excluding carboxylic acids is 2. The number of carbonyl (C=O) groups is 2. The fourth-order valence-electron chi connectivity index (χ4n) is 2.47. The van der Waals surface area contributed by atoms with E-state index in [2.05, 4.69) is 5.32 Å². The number of amides is 1. The van der Waals surface area contributed by atoms with E-state index in [9.17, 15) is 9.59 Å².